The molecule has 500 valence electrons. The number of hydrogen-bond donors (Lipinski definition) is 5. The summed E-state index contributed by atoms with van der Waals surface area (Å²) in [6, 6.07) is 10.7. The number of carbonyl (C=O) groups excluding carboxylic acids is 11. The summed E-state index contributed by atoms with van der Waals surface area (Å²) in [4.78, 5) is 163. The third-order valence-corrected chi connectivity index (χ3v) is 17.9. The number of ketones is 4. The highest BCUT2D eigenvalue weighted by atomic mass is 19.1. The van der Waals surface area contributed by atoms with Gasteiger partial charge in [0, 0.05) is 106 Å². The SMILES string of the molecule is CC[C@@]1(O)C(=O)OCc2c1cc1n(c2=O)Cc2c-1nc1cc(F)c(C)c3c1c2[C@@H](CC(=O)COCNC(=O)CCC(=O)[C@H](Cc1ccccc1)NC(=O)CCC(=O)CNC(=O)[C@H](CCCCNC(=O)COCCOC)CC(=O)CCCCCN1C(=O)CC(C)C1=O)CC3. The van der Waals surface area contributed by atoms with E-state index in [4.69, 9.17) is 23.9 Å². The van der Waals surface area contributed by atoms with Crippen molar-refractivity contribution in [3.8, 4) is 11.4 Å². The maximum atomic E-state index is 15.5. The van der Waals surface area contributed by atoms with Gasteiger partial charge >= 0.3 is 5.97 Å². The van der Waals surface area contributed by atoms with Crippen LogP contribution in [0.3, 0.4) is 0 Å². The molecule has 0 saturated carbocycles. The van der Waals surface area contributed by atoms with Gasteiger partial charge in [-0.25, -0.2) is 14.2 Å². The van der Waals surface area contributed by atoms with Crippen LogP contribution in [-0.4, -0.2) is 150 Å². The molecule has 25 heteroatoms. The maximum Gasteiger partial charge on any atom is 0.343 e. The molecule has 1 saturated heterocycles. The highest BCUT2D eigenvalue weighted by Crippen LogP contribution is 2.47. The van der Waals surface area contributed by atoms with Gasteiger partial charge in [0.05, 0.1) is 54.8 Å². The molecule has 0 bridgehead atoms. The smallest absolute Gasteiger partial charge is 0.343 e. The van der Waals surface area contributed by atoms with E-state index in [0.717, 1.165) is 16.7 Å². The second-order valence-corrected chi connectivity index (χ2v) is 24.5. The predicted molar refractivity (Wildman–Crippen MR) is 334 cm³/mol. The van der Waals surface area contributed by atoms with Crippen LogP contribution in [0, 0.1) is 24.6 Å². The lowest BCUT2D eigenvalue weighted by atomic mass is 9.76. The third-order valence-electron chi connectivity index (χ3n) is 17.9. The lowest BCUT2D eigenvalue weighted by Gasteiger charge is -2.31. The third kappa shape index (κ3) is 17.9. The number of Topliss-reactive ketones (excluding diaryl/α,β-unsaturated/α-hetero) is 4. The van der Waals surface area contributed by atoms with Crippen LogP contribution >= 0.6 is 0 Å². The molecule has 5 N–H and O–H groups in total. The number of benzene rings is 2. The summed E-state index contributed by atoms with van der Waals surface area (Å²) in [5.41, 5.74) is 2.23. The van der Waals surface area contributed by atoms with E-state index in [-0.39, 0.29) is 169 Å². The number of aliphatic hydroxyl groups is 1. The number of amides is 6. The summed E-state index contributed by atoms with van der Waals surface area (Å²) >= 11 is 0. The molecule has 2 aromatic carbocycles. The topological polar surface area (TPSA) is 331 Å². The first kappa shape index (κ1) is 70.6. The number of nitrogens with zero attached hydrogens (tertiary/aromatic N) is 3. The van der Waals surface area contributed by atoms with Gasteiger partial charge in [0.2, 0.25) is 35.4 Å². The van der Waals surface area contributed by atoms with Gasteiger partial charge in [-0.15, -0.1) is 0 Å². The number of likely N-dealkylation sites (tertiary alicyclic amines) is 1. The Morgan fingerprint density at radius 2 is 1.60 bits per heavy atom. The van der Waals surface area contributed by atoms with Crippen molar-refractivity contribution < 1.29 is 81.2 Å². The Balaban J connectivity index is 0.793. The Labute approximate surface area is 538 Å². The van der Waals surface area contributed by atoms with Crippen molar-refractivity contribution in [1.82, 2.24) is 35.7 Å². The van der Waals surface area contributed by atoms with E-state index in [1.807, 2.05) is 0 Å². The van der Waals surface area contributed by atoms with Crippen molar-refractivity contribution in [2.75, 3.05) is 59.9 Å². The number of halogens is 1. The van der Waals surface area contributed by atoms with Gasteiger partial charge < -0.3 is 49.9 Å². The molecule has 93 heavy (non-hydrogen) atoms. The van der Waals surface area contributed by atoms with Gasteiger partial charge in [0.25, 0.3) is 5.56 Å². The van der Waals surface area contributed by atoms with E-state index in [1.165, 1.54) is 22.6 Å². The van der Waals surface area contributed by atoms with E-state index in [0.29, 0.717) is 91.5 Å². The molecule has 3 aliphatic heterocycles. The Morgan fingerprint density at radius 1 is 0.828 bits per heavy atom. The monoisotopic (exact) mass is 1290 g/mol. The van der Waals surface area contributed by atoms with Gasteiger partial charge in [0.1, 0.15) is 38.2 Å². The number of esters is 1. The number of aryl methyl sites for hydroxylation is 1. The van der Waals surface area contributed by atoms with Gasteiger partial charge in [-0.05, 0) is 92.5 Å². The molecule has 6 amide bonds. The number of unbranched alkanes of at least 4 members (excludes halogenated alkanes) is 3. The van der Waals surface area contributed by atoms with Crippen LogP contribution in [-0.2, 0) is 103 Å². The van der Waals surface area contributed by atoms with Crippen molar-refractivity contribution in [2.24, 2.45) is 11.8 Å². The fourth-order valence-electron chi connectivity index (χ4n) is 12.7. The minimum absolute atomic E-state index is 0.00600. The minimum atomic E-state index is -2.05. The summed E-state index contributed by atoms with van der Waals surface area (Å²) in [6.07, 6.45) is 2.93. The number of methoxy groups -OCH3 is 1. The molecule has 1 aliphatic carbocycles. The van der Waals surface area contributed by atoms with Crippen LogP contribution in [0.25, 0.3) is 22.3 Å². The molecular formula is C68H84FN7O17. The van der Waals surface area contributed by atoms with Crippen molar-refractivity contribution in [3.63, 3.8) is 0 Å². The highest BCUT2D eigenvalue weighted by Gasteiger charge is 2.46. The average Bonchev–Trinajstić information content (AvgIpc) is 1.62. The highest BCUT2D eigenvalue weighted by molar-refractivity contribution is 6.03. The van der Waals surface area contributed by atoms with Crippen molar-refractivity contribution in [3.05, 3.63) is 97.6 Å². The molecule has 1 unspecified atom stereocenters. The number of aromatic nitrogens is 2. The molecule has 1 fully saturated rings. The molecule has 0 radical (unpaired) electrons. The quantitative estimate of drug-likeness (QED) is 0.0156. The van der Waals surface area contributed by atoms with Crippen molar-refractivity contribution in [1.29, 1.82) is 0 Å². The number of hydrogen-bond acceptors (Lipinski definition) is 18. The predicted octanol–water partition coefficient (Wildman–Crippen LogP) is 4.63. The van der Waals surface area contributed by atoms with Gasteiger partial charge in [-0.1, -0.05) is 57.0 Å². The molecule has 4 aromatic rings. The number of carbonyl (C=O) groups is 11. The van der Waals surface area contributed by atoms with Crippen LogP contribution in [0.2, 0.25) is 0 Å². The number of fused-ring (bicyclic) bond motifs is 5. The second kappa shape index (κ2) is 33.0. The number of imide groups is 1. The zero-order chi connectivity index (χ0) is 66.9. The summed E-state index contributed by atoms with van der Waals surface area (Å²) in [5.74, 6) is -6.65. The Morgan fingerprint density at radius 3 is 2.34 bits per heavy atom. The van der Waals surface area contributed by atoms with E-state index in [2.05, 4.69) is 21.3 Å². The molecule has 24 nitrogen and oxygen atoms in total. The number of cyclic esters (lactones) is 1. The van der Waals surface area contributed by atoms with Gasteiger partial charge in [-0.3, -0.25) is 57.6 Å². The first-order valence-corrected chi connectivity index (χ1v) is 32.1. The zero-order valence-corrected chi connectivity index (χ0v) is 53.3. The van der Waals surface area contributed by atoms with E-state index >= 15 is 4.39 Å². The maximum absolute atomic E-state index is 15.5. The van der Waals surface area contributed by atoms with Crippen LogP contribution in [0.5, 0.6) is 0 Å². The van der Waals surface area contributed by atoms with Crippen molar-refractivity contribution >= 4 is 75.4 Å². The number of rotatable bonds is 38. The van der Waals surface area contributed by atoms with Gasteiger partial charge in [-0.2, -0.15) is 0 Å². The summed E-state index contributed by atoms with van der Waals surface area (Å²) in [7, 11) is 1.52. The Kier molecular flexibility index (Phi) is 25.1. The van der Waals surface area contributed by atoms with Crippen LogP contribution in [0.4, 0.5) is 4.39 Å². The van der Waals surface area contributed by atoms with E-state index in [9.17, 15) is 62.6 Å². The first-order valence-electron chi connectivity index (χ1n) is 32.1. The second-order valence-electron chi connectivity index (χ2n) is 24.5. The van der Waals surface area contributed by atoms with Crippen LogP contribution in [0.15, 0.2) is 47.3 Å². The number of nitrogens with one attached hydrogen (secondary N) is 4. The Hall–Kier alpha value is -8.26. The number of ether oxygens (including phenoxy) is 4. The normalized spacial score (nSPS) is 17.7. The first-order chi connectivity index (χ1) is 44.6. The summed E-state index contributed by atoms with van der Waals surface area (Å²) in [5, 5.41) is 22.8. The molecule has 5 heterocycles. The van der Waals surface area contributed by atoms with Crippen molar-refractivity contribution in [2.45, 2.75) is 167 Å². The largest absolute Gasteiger partial charge is 0.458 e. The molecule has 5 atom stereocenters. The van der Waals surface area contributed by atoms with Crippen LogP contribution < -0.4 is 26.8 Å². The summed E-state index contributed by atoms with van der Waals surface area (Å²) in [6.45, 7) is 4.67. The Bertz CT molecular complexity index is 3570. The number of pyridine rings is 2. The molecule has 4 aliphatic rings. The summed E-state index contributed by atoms with van der Waals surface area (Å²) < 4.78 is 38.0. The standard InChI is InChI=1S/C68H84FN7O17/c1-5-68(89)51-32-55-63-49(35-76(55)66(87)50(51)37-93-67(68)88)61-43(18-20-48-41(3)52(69)33-54(74-63)62(48)61)30-47(79)36-92-39-72-57(81)23-21-56(80)53(29-42-14-8-6-9-15-42)73-58(82)22-19-46(78)34-71-64(85)44(16-11-12-24-70-59(83)38-91-27-26-90-4)31-45(77)17-10-7-13-25-75-60(84)28-40(2)65(75)86/h6,8-9,14-15,32-33,40,43-44,53,89H,5,7,10-13,16-31,34-39H2,1-4H3,(H,70,83)(H,71,85)(H,72,81)(H,73,82)/t40?,43-,44-,53+,68+/m1/s1. The van der Waals surface area contributed by atoms with E-state index in [1.54, 1.807) is 57.2 Å². The minimum Gasteiger partial charge on any atom is -0.458 e. The van der Waals surface area contributed by atoms with E-state index < -0.39 is 70.7 Å². The lowest BCUT2D eigenvalue weighted by molar-refractivity contribution is -0.172. The molecule has 8 rings (SSSR count). The molecule has 0 spiro atoms. The average molecular weight is 1290 g/mol. The van der Waals surface area contributed by atoms with Crippen LogP contribution in [0.1, 0.15) is 161 Å². The fourth-order valence-corrected chi connectivity index (χ4v) is 12.7. The fraction of sp³-hybridized carbons (Fsp3) is 0.544. The van der Waals surface area contributed by atoms with Gasteiger partial charge in [0.15, 0.2) is 23.0 Å². The molecule has 2 aromatic heterocycles. The lowest BCUT2D eigenvalue weighted by Crippen LogP contribution is -2.44. The zero-order valence-electron chi connectivity index (χ0n) is 53.3. The molecular weight excluding hydrogens is 1210 g/mol.